The van der Waals surface area contributed by atoms with Crippen LogP contribution in [-0.2, 0) is 16.1 Å². The topological polar surface area (TPSA) is 74.6 Å². The number of ether oxygens (including phenoxy) is 2. The Bertz CT molecular complexity index is 408. The van der Waals surface area contributed by atoms with Crippen LogP contribution >= 0.6 is 11.6 Å². The van der Waals surface area contributed by atoms with E-state index in [-0.39, 0.29) is 70.0 Å². The van der Waals surface area contributed by atoms with Crippen molar-refractivity contribution in [2.75, 3.05) is 6.61 Å². The molecule has 0 saturated carbocycles. The van der Waals surface area contributed by atoms with Gasteiger partial charge in [0.15, 0.2) is 6.29 Å². The summed E-state index contributed by atoms with van der Waals surface area (Å²) in [5.41, 5.74) is -0.189. The fraction of sp³-hybridized carbons (Fsp3) is 0.667. The minimum absolute atomic E-state index is 0. The number of hydrogen-bond donors (Lipinski definition) is 1. The second-order valence-corrected chi connectivity index (χ2v) is 6.25. The van der Waals surface area contributed by atoms with Crippen molar-refractivity contribution >= 4 is 11.6 Å². The van der Waals surface area contributed by atoms with Gasteiger partial charge in [0.05, 0.1) is 17.8 Å². The molecular formula is C15H23ClKNO4. The predicted octanol–water partition coefficient (Wildman–Crippen LogP) is -0.367. The average Bonchev–Trinajstić information content (AvgIpc) is 2.37. The first-order valence-electron chi connectivity index (χ1n) is 7.02. The number of hydrogen-bond acceptors (Lipinski definition) is 5. The first kappa shape index (κ1) is 22.8. The molecule has 1 unspecified atom stereocenters. The summed E-state index contributed by atoms with van der Waals surface area (Å²) in [5, 5.41) is 20.1. The van der Waals surface area contributed by atoms with Crippen LogP contribution in [0.15, 0.2) is 12.4 Å². The Morgan fingerprint density at radius 1 is 1.41 bits per heavy atom. The van der Waals surface area contributed by atoms with Crippen LogP contribution in [0.4, 0.5) is 0 Å². The van der Waals surface area contributed by atoms with E-state index in [9.17, 15) is 10.2 Å². The molecule has 120 valence electrons. The van der Waals surface area contributed by atoms with Crippen LogP contribution in [0.2, 0.25) is 5.02 Å². The molecule has 2 heterocycles. The Labute approximate surface area is 179 Å². The molecule has 1 aliphatic rings. The molecule has 0 bridgehead atoms. The summed E-state index contributed by atoms with van der Waals surface area (Å²) in [4.78, 5) is 3.77. The fourth-order valence-corrected chi connectivity index (χ4v) is 1.82. The number of pyridine rings is 1. The van der Waals surface area contributed by atoms with E-state index in [1.54, 1.807) is 20.8 Å². The molecule has 2 rings (SSSR count). The van der Waals surface area contributed by atoms with Crippen molar-refractivity contribution in [1.29, 1.82) is 0 Å². The van der Waals surface area contributed by atoms with Gasteiger partial charge in [0, 0.05) is 18.4 Å². The Hall–Kier alpha value is 0.756. The van der Waals surface area contributed by atoms with E-state index in [1.807, 2.05) is 0 Å². The van der Waals surface area contributed by atoms with Gasteiger partial charge in [0.2, 0.25) is 0 Å². The van der Waals surface area contributed by atoms with Crippen LogP contribution < -0.4 is 56.5 Å². The van der Waals surface area contributed by atoms with E-state index in [2.05, 4.69) is 4.98 Å². The standard InChI is InChI=1S/C11H14ClNO3.C4H9O.K/c12-9-5-13-6-10(14)8(9)7-16-11-3-1-2-4-15-11;1-4(2,3)5;/h5-6,11,14H,1-4,7H2;1-3H3;/q;-1;+1. The Morgan fingerprint density at radius 2 is 2.05 bits per heavy atom. The van der Waals surface area contributed by atoms with Gasteiger partial charge in [0.1, 0.15) is 5.75 Å². The molecule has 0 aromatic carbocycles. The maximum atomic E-state index is 10.1. The van der Waals surface area contributed by atoms with Gasteiger partial charge >= 0.3 is 51.4 Å². The number of aromatic hydroxyl groups is 1. The van der Waals surface area contributed by atoms with Gasteiger partial charge in [-0.3, -0.25) is 4.98 Å². The molecule has 0 aliphatic carbocycles. The summed E-state index contributed by atoms with van der Waals surface area (Å²) < 4.78 is 11.0. The number of rotatable bonds is 3. The molecule has 1 aliphatic heterocycles. The van der Waals surface area contributed by atoms with E-state index in [4.69, 9.17) is 21.1 Å². The van der Waals surface area contributed by atoms with E-state index < -0.39 is 5.60 Å². The van der Waals surface area contributed by atoms with Crippen LogP contribution in [0, 0.1) is 0 Å². The maximum Gasteiger partial charge on any atom is 1.00 e. The zero-order valence-corrected chi connectivity index (χ0v) is 17.6. The van der Waals surface area contributed by atoms with E-state index >= 15 is 0 Å². The van der Waals surface area contributed by atoms with Crippen LogP contribution in [0.25, 0.3) is 0 Å². The van der Waals surface area contributed by atoms with Crippen LogP contribution in [0.5, 0.6) is 5.75 Å². The second-order valence-electron chi connectivity index (χ2n) is 5.84. The summed E-state index contributed by atoms with van der Waals surface area (Å²) in [7, 11) is 0. The summed E-state index contributed by atoms with van der Waals surface area (Å²) in [5.74, 6) is 0.0586. The van der Waals surface area contributed by atoms with Gasteiger partial charge in [0.25, 0.3) is 0 Å². The third-order valence-electron chi connectivity index (χ3n) is 2.53. The molecule has 7 heteroatoms. The molecule has 1 fully saturated rings. The van der Waals surface area contributed by atoms with Gasteiger partial charge in [-0.15, -0.1) is 5.60 Å². The van der Waals surface area contributed by atoms with Gasteiger partial charge in [-0.1, -0.05) is 32.4 Å². The average molecular weight is 356 g/mol. The van der Waals surface area contributed by atoms with Crippen molar-refractivity contribution in [2.24, 2.45) is 0 Å². The smallest absolute Gasteiger partial charge is 0.850 e. The molecule has 22 heavy (non-hydrogen) atoms. The molecule has 0 radical (unpaired) electrons. The SMILES string of the molecule is CC(C)(C)[O-].Oc1cncc(Cl)c1COC1CCCCO1.[K+]. The third-order valence-corrected chi connectivity index (χ3v) is 2.86. The van der Waals surface area contributed by atoms with Gasteiger partial charge < -0.3 is 19.7 Å². The minimum Gasteiger partial charge on any atom is -0.850 e. The van der Waals surface area contributed by atoms with Crippen molar-refractivity contribution in [1.82, 2.24) is 4.98 Å². The minimum atomic E-state index is -0.750. The van der Waals surface area contributed by atoms with Gasteiger partial charge in [-0.05, 0) is 19.3 Å². The fourth-order valence-electron chi connectivity index (χ4n) is 1.61. The zero-order chi connectivity index (χ0) is 15.9. The Morgan fingerprint density at radius 3 is 2.55 bits per heavy atom. The number of halogens is 1. The Balaban J connectivity index is 0.000000644. The van der Waals surface area contributed by atoms with Gasteiger partial charge in [-0.25, -0.2) is 0 Å². The molecular weight excluding hydrogens is 333 g/mol. The largest absolute Gasteiger partial charge is 1.00 e. The van der Waals surface area contributed by atoms with Crippen molar-refractivity contribution in [3.8, 4) is 5.75 Å². The van der Waals surface area contributed by atoms with Crippen molar-refractivity contribution in [3.05, 3.63) is 23.0 Å². The van der Waals surface area contributed by atoms with Gasteiger partial charge in [-0.2, -0.15) is 0 Å². The summed E-state index contributed by atoms with van der Waals surface area (Å²) in [6, 6.07) is 0. The number of nitrogens with zero attached hydrogens (tertiary/aromatic N) is 1. The molecule has 1 saturated heterocycles. The van der Waals surface area contributed by atoms with Crippen LogP contribution in [0.3, 0.4) is 0 Å². The number of aromatic nitrogens is 1. The summed E-state index contributed by atoms with van der Waals surface area (Å²) in [6.45, 7) is 5.88. The zero-order valence-electron chi connectivity index (χ0n) is 13.8. The predicted molar refractivity (Wildman–Crippen MR) is 79.0 cm³/mol. The van der Waals surface area contributed by atoms with Crippen molar-refractivity contribution in [3.63, 3.8) is 0 Å². The van der Waals surface area contributed by atoms with Crippen molar-refractivity contribution < 1.29 is 71.1 Å². The van der Waals surface area contributed by atoms with E-state index in [1.165, 1.54) is 12.4 Å². The first-order valence-corrected chi connectivity index (χ1v) is 7.40. The summed E-state index contributed by atoms with van der Waals surface area (Å²) in [6.07, 6.45) is 5.75. The van der Waals surface area contributed by atoms with E-state index in [0.717, 1.165) is 25.9 Å². The molecule has 1 aromatic rings. The maximum absolute atomic E-state index is 10.1. The molecule has 1 atom stereocenters. The quantitative estimate of drug-likeness (QED) is 0.749. The monoisotopic (exact) mass is 355 g/mol. The first-order chi connectivity index (χ1) is 9.77. The van der Waals surface area contributed by atoms with Crippen molar-refractivity contribution in [2.45, 2.75) is 58.5 Å². The Kier molecular flexibility index (Phi) is 11.7. The normalized spacial score (nSPS) is 18.0. The second kappa shape index (κ2) is 11.3. The van der Waals surface area contributed by atoms with Crippen LogP contribution in [0.1, 0.15) is 45.6 Å². The molecule has 0 amide bonds. The van der Waals surface area contributed by atoms with E-state index in [0.29, 0.717) is 10.6 Å². The molecule has 1 aromatic heterocycles. The van der Waals surface area contributed by atoms with Crippen LogP contribution in [-0.4, -0.2) is 28.6 Å². The third kappa shape index (κ3) is 10.5. The molecule has 5 nitrogen and oxygen atoms in total. The summed E-state index contributed by atoms with van der Waals surface area (Å²) >= 11 is 5.90. The molecule has 1 N–H and O–H groups in total. The molecule has 0 spiro atoms.